The molecule has 0 unspecified atom stereocenters. The molecule has 0 saturated carbocycles. The molecule has 46 heavy (non-hydrogen) atoms. The molecule has 6 aromatic carbocycles. The molecule has 3 heteroatoms. The van der Waals surface area contributed by atoms with Crippen LogP contribution < -0.4 is 0 Å². The Morgan fingerprint density at radius 2 is 0.826 bits per heavy atom. The highest BCUT2D eigenvalue weighted by Crippen LogP contribution is 2.32. The van der Waals surface area contributed by atoms with Crippen molar-refractivity contribution in [2.24, 2.45) is 0 Å². The van der Waals surface area contributed by atoms with E-state index in [1.54, 1.807) is 6.20 Å². The number of aromatic nitrogens is 3. The summed E-state index contributed by atoms with van der Waals surface area (Å²) in [6.07, 6.45) is 3.70. The first kappa shape index (κ1) is 27.4. The average molecular weight is 588 g/mol. The molecule has 0 aliphatic rings. The summed E-state index contributed by atoms with van der Waals surface area (Å²) in [5, 5.41) is 2.48. The lowest BCUT2D eigenvalue weighted by Gasteiger charge is -2.11. The highest BCUT2D eigenvalue weighted by molar-refractivity contribution is 5.87. The number of pyridine rings is 1. The Bertz CT molecular complexity index is 2280. The molecule has 8 rings (SSSR count). The van der Waals surface area contributed by atoms with Crippen LogP contribution in [0.25, 0.3) is 78.1 Å². The molecule has 0 atom stereocenters. The normalized spacial score (nSPS) is 11.0. The fourth-order valence-electron chi connectivity index (χ4n) is 5.91. The van der Waals surface area contributed by atoms with Crippen molar-refractivity contribution in [3.05, 3.63) is 176 Å². The van der Waals surface area contributed by atoms with Crippen molar-refractivity contribution < 1.29 is 0 Å². The van der Waals surface area contributed by atoms with E-state index in [0.29, 0.717) is 5.82 Å². The van der Waals surface area contributed by atoms with Crippen LogP contribution in [0.2, 0.25) is 0 Å². The second-order valence-electron chi connectivity index (χ2n) is 11.4. The first-order valence-electron chi connectivity index (χ1n) is 15.4. The number of nitrogens with zero attached hydrogens (tertiary/aromatic N) is 3. The van der Waals surface area contributed by atoms with Gasteiger partial charge in [0.15, 0.2) is 5.82 Å². The number of hydrogen-bond donors (Lipinski definition) is 0. The van der Waals surface area contributed by atoms with E-state index >= 15 is 0 Å². The molecular formula is C43H29N3. The average Bonchev–Trinajstić information content (AvgIpc) is 3.15. The predicted molar refractivity (Wildman–Crippen MR) is 190 cm³/mol. The number of hydrogen-bond acceptors (Lipinski definition) is 3. The van der Waals surface area contributed by atoms with Crippen molar-refractivity contribution in [3.63, 3.8) is 0 Å². The van der Waals surface area contributed by atoms with Gasteiger partial charge in [0.25, 0.3) is 0 Å². The molecule has 3 nitrogen and oxygen atoms in total. The summed E-state index contributed by atoms with van der Waals surface area (Å²) in [5.74, 6) is 0.703. The van der Waals surface area contributed by atoms with Crippen molar-refractivity contribution in [3.8, 4) is 67.3 Å². The van der Waals surface area contributed by atoms with Crippen LogP contribution in [-0.2, 0) is 0 Å². The van der Waals surface area contributed by atoms with Crippen molar-refractivity contribution in [2.75, 3.05) is 0 Å². The number of fused-ring (bicyclic) bond motifs is 1. The lowest BCUT2D eigenvalue weighted by atomic mass is 9.98. The van der Waals surface area contributed by atoms with Crippen LogP contribution in [0.5, 0.6) is 0 Å². The van der Waals surface area contributed by atoms with Crippen LogP contribution in [0, 0.1) is 0 Å². The predicted octanol–water partition coefficient (Wildman–Crippen LogP) is 11.0. The first-order chi connectivity index (χ1) is 22.8. The summed E-state index contributed by atoms with van der Waals surface area (Å²) in [4.78, 5) is 14.4. The summed E-state index contributed by atoms with van der Waals surface area (Å²) in [5.41, 5.74) is 11.8. The summed E-state index contributed by atoms with van der Waals surface area (Å²) in [6.45, 7) is 0. The molecule has 0 bridgehead atoms. The van der Waals surface area contributed by atoms with E-state index in [2.05, 4.69) is 145 Å². The largest absolute Gasteiger partial charge is 0.264 e. The quantitative estimate of drug-likeness (QED) is 0.194. The van der Waals surface area contributed by atoms with Gasteiger partial charge in [-0.2, -0.15) is 0 Å². The fourth-order valence-corrected chi connectivity index (χ4v) is 5.91. The van der Waals surface area contributed by atoms with Crippen LogP contribution in [0.3, 0.4) is 0 Å². The third-order valence-corrected chi connectivity index (χ3v) is 8.39. The van der Waals surface area contributed by atoms with Gasteiger partial charge < -0.3 is 0 Å². The van der Waals surface area contributed by atoms with Gasteiger partial charge in [-0.05, 0) is 62.9 Å². The standard InChI is InChI=1S/C43H29N3/c1-2-9-33(10-3-1)41-28-42(34-20-15-31(16-21-34)37-12-6-13-38(26-37)40-14-7-25-44-29-40)46-43(45-41)35-22-17-32(18-23-35)39-24-19-30-8-4-5-11-36(30)27-39/h1-29H. The molecule has 0 aliphatic heterocycles. The monoisotopic (exact) mass is 587 g/mol. The van der Waals surface area contributed by atoms with Gasteiger partial charge >= 0.3 is 0 Å². The minimum Gasteiger partial charge on any atom is -0.264 e. The fraction of sp³-hybridized carbons (Fsp3) is 0. The van der Waals surface area contributed by atoms with Crippen molar-refractivity contribution in [1.82, 2.24) is 15.0 Å². The summed E-state index contributed by atoms with van der Waals surface area (Å²) in [7, 11) is 0. The second kappa shape index (κ2) is 12.1. The van der Waals surface area contributed by atoms with E-state index in [1.807, 2.05) is 30.5 Å². The zero-order chi connectivity index (χ0) is 30.7. The number of benzene rings is 6. The van der Waals surface area contributed by atoms with Gasteiger partial charge in [0, 0.05) is 34.6 Å². The molecule has 0 amide bonds. The molecule has 2 aromatic heterocycles. The lowest BCUT2D eigenvalue weighted by molar-refractivity contribution is 1.18. The van der Waals surface area contributed by atoms with Gasteiger partial charge in [-0.3, -0.25) is 4.98 Å². The Balaban J connectivity index is 1.14. The van der Waals surface area contributed by atoms with Crippen LogP contribution >= 0.6 is 0 Å². The van der Waals surface area contributed by atoms with E-state index < -0.39 is 0 Å². The molecule has 0 aliphatic carbocycles. The molecular weight excluding hydrogens is 558 g/mol. The van der Waals surface area contributed by atoms with Crippen LogP contribution in [0.15, 0.2) is 176 Å². The molecule has 0 saturated heterocycles. The first-order valence-corrected chi connectivity index (χ1v) is 15.4. The van der Waals surface area contributed by atoms with E-state index in [1.165, 1.54) is 16.3 Å². The summed E-state index contributed by atoms with van der Waals surface area (Å²) >= 11 is 0. The topological polar surface area (TPSA) is 38.7 Å². The SMILES string of the molecule is c1ccc(-c2cc(-c3ccc(-c4cccc(-c5cccnc5)c4)cc3)nc(-c3ccc(-c4ccc5ccccc5c4)cc3)n2)cc1. The van der Waals surface area contributed by atoms with Gasteiger partial charge in [0.2, 0.25) is 0 Å². The maximum Gasteiger partial charge on any atom is 0.160 e. The highest BCUT2D eigenvalue weighted by Gasteiger charge is 2.12. The Morgan fingerprint density at radius 1 is 0.304 bits per heavy atom. The highest BCUT2D eigenvalue weighted by atomic mass is 14.9. The van der Waals surface area contributed by atoms with Gasteiger partial charge in [-0.15, -0.1) is 0 Å². The van der Waals surface area contributed by atoms with Gasteiger partial charge in [-0.1, -0.05) is 140 Å². The molecule has 2 heterocycles. The second-order valence-corrected chi connectivity index (χ2v) is 11.4. The van der Waals surface area contributed by atoms with Crippen molar-refractivity contribution >= 4 is 10.8 Å². The molecule has 0 spiro atoms. The summed E-state index contributed by atoms with van der Waals surface area (Å²) < 4.78 is 0. The van der Waals surface area contributed by atoms with Crippen LogP contribution in [0.4, 0.5) is 0 Å². The Hall–Kier alpha value is -6.19. The zero-order valence-corrected chi connectivity index (χ0v) is 25.1. The van der Waals surface area contributed by atoms with Crippen LogP contribution in [-0.4, -0.2) is 15.0 Å². The van der Waals surface area contributed by atoms with Crippen LogP contribution in [0.1, 0.15) is 0 Å². The lowest BCUT2D eigenvalue weighted by Crippen LogP contribution is -1.96. The zero-order valence-electron chi connectivity index (χ0n) is 25.1. The Morgan fingerprint density at radius 3 is 1.52 bits per heavy atom. The van der Waals surface area contributed by atoms with E-state index in [-0.39, 0.29) is 0 Å². The third-order valence-electron chi connectivity index (χ3n) is 8.39. The van der Waals surface area contributed by atoms with E-state index in [0.717, 1.165) is 55.9 Å². The Kier molecular flexibility index (Phi) is 7.18. The van der Waals surface area contributed by atoms with Gasteiger partial charge in [0.1, 0.15) is 0 Å². The minimum absolute atomic E-state index is 0.703. The van der Waals surface area contributed by atoms with E-state index in [4.69, 9.17) is 9.97 Å². The number of rotatable bonds is 6. The third kappa shape index (κ3) is 5.58. The Labute approximate surface area is 268 Å². The van der Waals surface area contributed by atoms with E-state index in [9.17, 15) is 0 Å². The maximum atomic E-state index is 5.08. The van der Waals surface area contributed by atoms with Gasteiger partial charge in [-0.25, -0.2) is 9.97 Å². The smallest absolute Gasteiger partial charge is 0.160 e. The molecule has 8 aromatic rings. The molecule has 0 fully saturated rings. The maximum absolute atomic E-state index is 5.08. The molecule has 0 N–H and O–H groups in total. The molecule has 0 radical (unpaired) electrons. The summed E-state index contributed by atoms with van der Waals surface area (Å²) in [6, 6.07) is 57.3. The van der Waals surface area contributed by atoms with Crippen molar-refractivity contribution in [2.45, 2.75) is 0 Å². The minimum atomic E-state index is 0.703. The molecule has 216 valence electrons. The van der Waals surface area contributed by atoms with Gasteiger partial charge in [0.05, 0.1) is 11.4 Å². The van der Waals surface area contributed by atoms with Crippen molar-refractivity contribution in [1.29, 1.82) is 0 Å².